The highest BCUT2D eigenvalue weighted by atomic mass is 16.5. The minimum atomic E-state index is 0.470. The third kappa shape index (κ3) is 6.55. The first-order chi connectivity index (χ1) is 16.0. The van der Waals surface area contributed by atoms with E-state index in [0.29, 0.717) is 17.4 Å². The van der Waals surface area contributed by atoms with Crippen LogP contribution in [0.25, 0.3) is 0 Å². The SMILES string of the molecule is COc1ccc(CN2CCN(CCCOc3cc(C)ccc3C(C)C)CC2)c(OC)c1OC. The van der Waals surface area contributed by atoms with E-state index >= 15 is 0 Å². The van der Waals surface area contributed by atoms with Crippen molar-refractivity contribution in [3.05, 3.63) is 47.0 Å². The molecule has 1 aliphatic rings. The van der Waals surface area contributed by atoms with E-state index in [1.165, 1.54) is 11.1 Å². The molecular weight excluding hydrogens is 416 g/mol. The Morgan fingerprint density at radius 1 is 0.818 bits per heavy atom. The molecule has 182 valence electrons. The van der Waals surface area contributed by atoms with Gasteiger partial charge in [-0.25, -0.2) is 0 Å². The molecule has 1 saturated heterocycles. The third-order valence-corrected chi connectivity index (χ3v) is 6.31. The highest BCUT2D eigenvalue weighted by molar-refractivity contribution is 5.55. The number of benzene rings is 2. The summed E-state index contributed by atoms with van der Waals surface area (Å²) < 4.78 is 22.7. The molecule has 0 aromatic heterocycles. The van der Waals surface area contributed by atoms with Gasteiger partial charge < -0.3 is 23.8 Å². The van der Waals surface area contributed by atoms with E-state index < -0.39 is 0 Å². The van der Waals surface area contributed by atoms with Crippen molar-refractivity contribution < 1.29 is 18.9 Å². The number of rotatable bonds is 11. The van der Waals surface area contributed by atoms with Crippen LogP contribution in [0, 0.1) is 6.92 Å². The van der Waals surface area contributed by atoms with Crippen molar-refractivity contribution in [1.82, 2.24) is 9.80 Å². The Hall–Kier alpha value is -2.44. The van der Waals surface area contributed by atoms with Crippen LogP contribution in [0.3, 0.4) is 0 Å². The van der Waals surface area contributed by atoms with Crippen LogP contribution in [0.4, 0.5) is 0 Å². The fourth-order valence-corrected chi connectivity index (χ4v) is 4.41. The first-order valence-electron chi connectivity index (χ1n) is 11.9. The van der Waals surface area contributed by atoms with Gasteiger partial charge in [0.25, 0.3) is 0 Å². The molecule has 1 aliphatic heterocycles. The molecule has 33 heavy (non-hydrogen) atoms. The molecule has 0 saturated carbocycles. The maximum atomic E-state index is 6.16. The maximum Gasteiger partial charge on any atom is 0.203 e. The van der Waals surface area contributed by atoms with Gasteiger partial charge in [-0.3, -0.25) is 4.90 Å². The van der Waals surface area contributed by atoms with Gasteiger partial charge in [0, 0.05) is 44.8 Å². The van der Waals surface area contributed by atoms with Crippen molar-refractivity contribution in [2.24, 2.45) is 0 Å². The fraction of sp³-hybridized carbons (Fsp3) is 0.556. The van der Waals surface area contributed by atoms with Crippen LogP contribution in [0.1, 0.15) is 42.9 Å². The Labute approximate surface area is 199 Å². The highest BCUT2D eigenvalue weighted by Gasteiger charge is 2.21. The first kappa shape index (κ1) is 25.2. The molecule has 2 aromatic carbocycles. The van der Waals surface area contributed by atoms with Gasteiger partial charge in [-0.05, 0) is 42.5 Å². The zero-order valence-electron chi connectivity index (χ0n) is 21.1. The van der Waals surface area contributed by atoms with E-state index in [4.69, 9.17) is 18.9 Å². The zero-order valence-corrected chi connectivity index (χ0v) is 21.1. The molecule has 0 N–H and O–H groups in total. The quantitative estimate of drug-likeness (QED) is 0.456. The average Bonchev–Trinajstić information content (AvgIpc) is 2.82. The van der Waals surface area contributed by atoms with Gasteiger partial charge in [0.2, 0.25) is 5.75 Å². The lowest BCUT2D eigenvalue weighted by atomic mass is 10.0. The second-order valence-corrected chi connectivity index (χ2v) is 9.01. The number of piperazine rings is 1. The molecule has 0 radical (unpaired) electrons. The lowest BCUT2D eigenvalue weighted by molar-refractivity contribution is 0.120. The van der Waals surface area contributed by atoms with Crippen LogP contribution >= 0.6 is 0 Å². The number of hydrogen-bond acceptors (Lipinski definition) is 6. The predicted molar refractivity (Wildman–Crippen MR) is 133 cm³/mol. The molecule has 0 unspecified atom stereocenters. The molecule has 6 heteroatoms. The summed E-state index contributed by atoms with van der Waals surface area (Å²) in [5.74, 6) is 3.62. The molecule has 0 spiro atoms. The molecule has 0 amide bonds. The Balaban J connectivity index is 1.45. The van der Waals surface area contributed by atoms with E-state index in [9.17, 15) is 0 Å². The van der Waals surface area contributed by atoms with Crippen LogP contribution in [-0.4, -0.2) is 70.5 Å². The first-order valence-corrected chi connectivity index (χ1v) is 11.9. The van der Waals surface area contributed by atoms with Gasteiger partial charge >= 0.3 is 0 Å². The summed E-state index contributed by atoms with van der Waals surface area (Å²) in [6.07, 6.45) is 1.04. The standard InChI is InChI=1S/C27H40N2O4/c1-20(2)23-10-8-21(3)18-25(23)33-17-7-12-28-13-15-29(16-14-28)19-22-9-11-24(30-4)27(32-6)26(22)31-5/h8-11,18,20H,7,12-17,19H2,1-6H3. The van der Waals surface area contributed by atoms with Crippen LogP contribution in [0.2, 0.25) is 0 Å². The smallest absolute Gasteiger partial charge is 0.203 e. The molecule has 0 atom stereocenters. The number of hydrogen-bond donors (Lipinski definition) is 0. The van der Waals surface area contributed by atoms with Crippen molar-refractivity contribution in [2.45, 2.75) is 39.7 Å². The average molecular weight is 457 g/mol. The summed E-state index contributed by atoms with van der Waals surface area (Å²) >= 11 is 0. The molecule has 6 nitrogen and oxygen atoms in total. The van der Waals surface area contributed by atoms with Crippen molar-refractivity contribution in [2.75, 3.05) is 60.7 Å². The summed E-state index contributed by atoms with van der Waals surface area (Å²) in [4.78, 5) is 5.00. The normalized spacial score (nSPS) is 15.0. The summed E-state index contributed by atoms with van der Waals surface area (Å²) in [5.41, 5.74) is 3.66. The largest absolute Gasteiger partial charge is 0.493 e. The van der Waals surface area contributed by atoms with Gasteiger partial charge in [-0.15, -0.1) is 0 Å². The van der Waals surface area contributed by atoms with Gasteiger partial charge in [-0.1, -0.05) is 32.0 Å². The lowest BCUT2D eigenvalue weighted by Crippen LogP contribution is -2.46. The number of aryl methyl sites for hydroxylation is 1. The second-order valence-electron chi connectivity index (χ2n) is 9.01. The van der Waals surface area contributed by atoms with Crippen molar-refractivity contribution >= 4 is 0 Å². The molecule has 0 aliphatic carbocycles. The van der Waals surface area contributed by atoms with Crippen molar-refractivity contribution in [1.29, 1.82) is 0 Å². The second kappa shape index (κ2) is 12.1. The third-order valence-electron chi connectivity index (χ3n) is 6.31. The maximum absolute atomic E-state index is 6.16. The van der Waals surface area contributed by atoms with Gasteiger partial charge in [-0.2, -0.15) is 0 Å². The summed E-state index contributed by atoms with van der Waals surface area (Å²) in [5, 5.41) is 0. The Morgan fingerprint density at radius 2 is 1.52 bits per heavy atom. The van der Waals surface area contributed by atoms with E-state index in [1.54, 1.807) is 21.3 Å². The summed E-state index contributed by atoms with van der Waals surface area (Å²) in [7, 11) is 4.97. The lowest BCUT2D eigenvalue weighted by Gasteiger charge is -2.35. The minimum Gasteiger partial charge on any atom is -0.493 e. The number of nitrogens with zero attached hydrogens (tertiary/aromatic N) is 2. The van der Waals surface area contributed by atoms with Crippen molar-refractivity contribution in [3.63, 3.8) is 0 Å². The number of methoxy groups -OCH3 is 3. The van der Waals surface area contributed by atoms with Crippen LogP contribution < -0.4 is 18.9 Å². The van der Waals surface area contributed by atoms with Crippen LogP contribution in [0.15, 0.2) is 30.3 Å². The predicted octanol–water partition coefficient (Wildman–Crippen LogP) is 4.73. The zero-order chi connectivity index (χ0) is 23.8. The monoisotopic (exact) mass is 456 g/mol. The van der Waals surface area contributed by atoms with Crippen LogP contribution in [0.5, 0.6) is 23.0 Å². The summed E-state index contributed by atoms with van der Waals surface area (Å²) in [6.45, 7) is 13.4. The van der Waals surface area contributed by atoms with Gasteiger partial charge in [0.15, 0.2) is 11.5 Å². The Morgan fingerprint density at radius 3 is 2.15 bits per heavy atom. The van der Waals surface area contributed by atoms with E-state index in [2.05, 4.69) is 54.8 Å². The number of ether oxygens (including phenoxy) is 4. The van der Waals surface area contributed by atoms with Crippen molar-refractivity contribution in [3.8, 4) is 23.0 Å². The molecule has 1 heterocycles. The molecule has 1 fully saturated rings. The molecular formula is C27H40N2O4. The van der Waals surface area contributed by atoms with E-state index in [1.807, 2.05) is 6.07 Å². The topological polar surface area (TPSA) is 43.4 Å². The fourth-order valence-electron chi connectivity index (χ4n) is 4.41. The Kier molecular flexibility index (Phi) is 9.27. The summed E-state index contributed by atoms with van der Waals surface area (Å²) in [6, 6.07) is 10.5. The molecule has 2 aromatic rings. The van der Waals surface area contributed by atoms with E-state index in [-0.39, 0.29) is 0 Å². The van der Waals surface area contributed by atoms with Gasteiger partial charge in [0.1, 0.15) is 5.75 Å². The molecule has 0 bridgehead atoms. The minimum absolute atomic E-state index is 0.470. The van der Waals surface area contributed by atoms with Crippen LogP contribution in [-0.2, 0) is 6.54 Å². The Bertz CT molecular complexity index is 892. The van der Waals surface area contributed by atoms with E-state index in [0.717, 1.165) is 69.4 Å². The van der Waals surface area contributed by atoms with Gasteiger partial charge in [0.05, 0.1) is 27.9 Å². The molecule has 3 rings (SSSR count). The highest BCUT2D eigenvalue weighted by Crippen LogP contribution is 2.40.